The summed E-state index contributed by atoms with van der Waals surface area (Å²) < 4.78 is 8.16. The SMILES string of the molecule is CC1(C)c2cc(-c3cccc4c3oc3c(-c5nc(-c6ccccc6)nc(-c6ccccc6)n5)cccc34)ccc2-c2ccc3sc(-c4ccccc4)nc3c21. The Hall–Kier alpha value is -6.76. The molecule has 0 atom stereocenters. The van der Waals surface area contributed by atoms with Gasteiger partial charge in [0.05, 0.1) is 15.8 Å². The molecule has 1 aliphatic carbocycles. The molecule has 260 valence electrons. The standard InChI is InChI=1S/C49H32N4OS/c1-49(2)39-28-32(24-25-34(39)35-26-27-40-42(41(35)49)50-48(55-40)31-18-10-5-11-19-31)33-20-12-21-36-37-22-13-23-38(44(37)54-43(33)36)47-52-45(29-14-6-3-7-15-29)51-46(53-47)30-16-8-4-9-17-30/h3-28H,1-2H3. The van der Waals surface area contributed by atoms with Crippen molar-refractivity contribution in [3.05, 3.63) is 169 Å². The molecule has 0 fully saturated rings. The summed E-state index contributed by atoms with van der Waals surface area (Å²) in [4.78, 5) is 20.2. The van der Waals surface area contributed by atoms with Crippen LogP contribution in [0.4, 0.5) is 0 Å². The Morgan fingerprint density at radius 3 is 1.67 bits per heavy atom. The average Bonchev–Trinajstić information content (AvgIpc) is 3.92. The first-order chi connectivity index (χ1) is 27.0. The molecule has 5 nitrogen and oxygen atoms in total. The van der Waals surface area contributed by atoms with Crippen LogP contribution in [0.3, 0.4) is 0 Å². The molecule has 0 aliphatic heterocycles. The number of fused-ring (bicyclic) bond motifs is 8. The summed E-state index contributed by atoms with van der Waals surface area (Å²) in [5, 5.41) is 3.12. The van der Waals surface area contributed by atoms with Crippen molar-refractivity contribution in [3.63, 3.8) is 0 Å². The van der Waals surface area contributed by atoms with Crippen molar-refractivity contribution < 1.29 is 4.42 Å². The normalized spacial score (nSPS) is 13.1. The summed E-state index contributed by atoms with van der Waals surface area (Å²) in [6.07, 6.45) is 0. The molecule has 0 spiro atoms. The number of para-hydroxylation sites is 2. The number of hydrogen-bond donors (Lipinski definition) is 0. The van der Waals surface area contributed by atoms with E-state index in [2.05, 4.69) is 105 Å². The van der Waals surface area contributed by atoms with Crippen molar-refractivity contribution in [2.45, 2.75) is 19.3 Å². The lowest BCUT2D eigenvalue weighted by Crippen LogP contribution is -2.15. The van der Waals surface area contributed by atoms with Gasteiger partial charge in [0.2, 0.25) is 0 Å². The van der Waals surface area contributed by atoms with E-state index in [4.69, 9.17) is 24.4 Å². The fraction of sp³-hybridized carbons (Fsp3) is 0.0612. The van der Waals surface area contributed by atoms with Crippen LogP contribution in [0.2, 0.25) is 0 Å². The van der Waals surface area contributed by atoms with Gasteiger partial charge in [-0.15, -0.1) is 11.3 Å². The molecule has 0 radical (unpaired) electrons. The Morgan fingerprint density at radius 2 is 1.02 bits per heavy atom. The second-order valence-corrected chi connectivity index (χ2v) is 15.6. The van der Waals surface area contributed by atoms with Gasteiger partial charge in [-0.05, 0) is 46.0 Å². The van der Waals surface area contributed by atoms with E-state index in [1.54, 1.807) is 11.3 Å². The molecule has 0 unspecified atom stereocenters. The lowest BCUT2D eigenvalue weighted by atomic mass is 9.81. The third-order valence-electron chi connectivity index (χ3n) is 11.0. The number of hydrogen-bond acceptors (Lipinski definition) is 6. The smallest absolute Gasteiger partial charge is 0.167 e. The molecule has 7 aromatic carbocycles. The highest BCUT2D eigenvalue weighted by atomic mass is 32.1. The van der Waals surface area contributed by atoms with E-state index in [1.165, 1.54) is 27.0 Å². The van der Waals surface area contributed by atoms with E-state index in [-0.39, 0.29) is 5.41 Å². The van der Waals surface area contributed by atoms with E-state index in [9.17, 15) is 0 Å². The Kier molecular flexibility index (Phi) is 7.00. The van der Waals surface area contributed by atoms with Crippen LogP contribution >= 0.6 is 11.3 Å². The topological polar surface area (TPSA) is 64.7 Å². The molecular formula is C49H32N4OS. The number of rotatable bonds is 5. The van der Waals surface area contributed by atoms with Gasteiger partial charge >= 0.3 is 0 Å². The molecule has 1 aliphatic rings. The molecule has 3 heterocycles. The van der Waals surface area contributed by atoms with Gasteiger partial charge in [0.25, 0.3) is 0 Å². The number of aromatic nitrogens is 4. The van der Waals surface area contributed by atoms with Crippen LogP contribution in [0, 0.1) is 0 Å². The Labute approximate surface area is 321 Å². The Balaban J connectivity index is 1.05. The number of furan rings is 1. The first kappa shape index (κ1) is 31.7. The minimum Gasteiger partial charge on any atom is -0.455 e. The zero-order chi connectivity index (χ0) is 36.7. The van der Waals surface area contributed by atoms with Crippen molar-refractivity contribution in [1.82, 2.24) is 19.9 Å². The van der Waals surface area contributed by atoms with E-state index < -0.39 is 0 Å². The summed E-state index contributed by atoms with van der Waals surface area (Å²) in [7, 11) is 0. The van der Waals surface area contributed by atoms with Gasteiger partial charge in [0.15, 0.2) is 17.5 Å². The summed E-state index contributed by atoms with van der Waals surface area (Å²) in [5.74, 6) is 1.80. The minimum atomic E-state index is -0.247. The molecule has 0 saturated carbocycles. The predicted molar refractivity (Wildman–Crippen MR) is 225 cm³/mol. The molecule has 11 rings (SSSR count). The third-order valence-corrected chi connectivity index (χ3v) is 12.0. The quantitative estimate of drug-likeness (QED) is 0.177. The van der Waals surface area contributed by atoms with Gasteiger partial charge in [-0.1, -0.05) is 153 Å². The van der Waals surface area contributed by atoms with Gasteiger partial charge in [0.1, 0.15) is 16.2 Å². The molecule has 0 saturated heterocycles. The van der Waals surface area contributed by atoms with Crippen molar-refractivity contribution in [2.75, 3.05) is 0 Å². The highest BCUT2D eigenvalue weighted by Crippen LogP contribution is 2.53. The summed E-state index contributed by atoms with van der Waals surface area (Å²) in [6, 6.07) is 54.7. The van der Waals surface area contributed by atoms with E-state index in [1.807, 2.05) is 66.7 Å². The molecule has 0 N–H and O–H groups in total. The second-order valence-electron chi connectivity index (χ2n) is 14.6. The Morgan fingerprint density at radius 1 is 0.455 bits per heavy atom. The number of nitrogens with zero attached hydrogens (tertiary/aromatic N) is 4. The molecule has 10 aromatic rings. The van der Waals surface area contributed by atoms with Gasteiger partial charge in [-0.2, -0.15) is 0 Å². The highest BCUT2D eigenvalue weighted by molar-refractivity contribution is 7.21. The maximum Gasteiger partial charge on any atom is 0.167 e. The van der Waals surface area contributed by atoms with Gasteiger partial charge < -0.3 is 4.42 Å². The molecular weight excluding hydrogens is 693 g/mol. The number of benzene rings is 7. The first-order valence-electron chi connectivity index (χ1n) is 18.5. The highest BCUT2D eigenvalue weighted by Gasteiger charge is 2.38. The van der Waals surface area contributed by atoms with Crippen LogP contribution in [0.25, 0.3) is 99.1 Å². The fourth-order valence-electron chi connectivity index (χ4n) is 8.31. The zero-order valence-corrected chi connectivity index (χ0v) is 30.9. The first-order valence-corrected chi connectivity index (χ1v) is 19.3. The monoisotopic (exact) mass is 724 g/mol. The maximum absolute atomic E-state index is 6.94. The molecule has 0 bridgehead atoms. The van der Waals surface area contributed by atoms with Gasteiger partial charge in [0, 0.05) is 38.4 Å². The van der Waals surface area contributed by atoms with Crippen molar-refractivity contribution in [2.24, 2.45) is 0 Å². The summed E-state index contributed by atoms with van der Waals surface area (Å²) in [6.45, 7) is 4.66. The lowest BCUT2D eigenvalue weighted by Gasteiger charge is -2.22. The Bertz CT molecular complexity index is 3050. The average molecular weight is 725 g/mol. The molecule has 3 aromatic heterocycles. The zero-order valence-electron chi connectivity index (χ0n) is 30.1. The lowest BCUT2D eigenvalue weighted by molar-refractivity contribution is 0.664. The van der Waals surface area contributed by atoms with Crippen LogP contribution < -0.4 is 0 Å². The predicted octanol–water partition coefficient (Wildman–Crippen LogP) is 13.0. The molecule has 0 amide bonds. The van der Waals surface area contributed by atoms with E-state index in [0.717, 1.165) is 65.8 Å². The minimum absolute atomic E-state index is 0.247. The summed E-state index contributed by atoms with van der Waals surface area (Å²) >= 11 is 1.76. The van der Waals surface area contributed by atoms with Crippen LogP contribution in [-0.2, 0) is 5.41 Å². The fourth-order valence-corrected chi connectivity index (χ4v) is 9.29. The summed E-state index contributed by atoms with van der Waals surface area (Å²) in [5.41, 5.74) is 13.5. The van der Waals surface area contributed by atoms with E-state index in [0.29, 0.717) is 17.5 Å². The van der Waals surface area contributed by atoms with Crippen LogP contribution in [0.5, 0.6) is 0 Å². The van der Waals surface area contributed by atoms with Gasteiger partial charge in [-0.3, -0.25) is 0 Å². The van der Waals surface area contributed by atoms with Crippen molar-refractivity contribution >= 4 is 43.5 Å². The number of thiazole rings is 1. The van der Waals surface area contributed by atoms with Crippen molar-refractivity contribution in [1.29, 1.82) is 0 Å². The van der Waals surface area contributed by atoms with Crippen LogP contribution in [-0.4, -0.2) is 19.9 Å². The van der Waals surface area contributed by atoms with Crippen LogP contribution in [0.1, 0.15) is 25.0 Å². The van der Waals surface area contributed by atoms with Crippen LogP contribution in [0.15, 0.2) is 162 Å². The third kappa shape index (κ3) is 4.99. The molecule has 6 heteroatoms. The van der Waals surface area contributed by atoms with Gasteiger partial charge in [-0.25, -0.2) is 19.9 Å². The maximum atomic E-state index is 6.94. The van der Waals surface area contributed by atoms with Crippen molar-refractivity contribution in [3.8, 4) is 67.0 Å². The molecule has 55 heavy (non-hydrogen) atoms. The second kappa shape index (κ2) is 12.1. The van der Waals surface area contributed by atoms with E-state index >= 15 is 0 Å². The largest absolute Gasteiger partial charge is 0.455 e.